The van der Waals surface area contributed by atoms with Crippen molar-refractivity contribution in [3.63, 3.8) is 0 Å². The lowest BCUT2D eigenvalue weighted by molar-refractivity contribution is -0.146. The lowest BCUT2D eigenvalue weighted by Gasteiger charge is -2.24. The molecule has 7 nitrogen and oxygen atoms in total. The summed E-state index contributed by atoms with van der Waals surface area (Å²) in [5, 5.41) is 14.6. The summed E-state index contributed by atoms with van der Waals surface area (Å²) in [6, 6.07) is 23.1. The smallest absolute Gasteiger partial charge is 0.411 e. The van der Waals surface area contributed by atoms with E-state index in [1.54, 1.807) is 31.2 Å². The fourth-order valence-electron chi connectivity index (χ4n) is 4.34. The van der Waals surface area contributed by atoms with E-state index in [4.69, 9.17) is 4.74 Å². The molecule has 1 atom stereocenters. The fourth-order valence-corrected chi connectivity index (χ4v) is 4.34. The maximum absolute atomic E-state index is 12.6. The Morgan fingerprint density at radius 3 is 2.17 bits per heavy atom. The van der Waals surface area contributed by atoms with Crippen LogP contribution in [0.4, 0.5) is 10.5 Å². The first-order chi connectivity index (χ1) is 16.8. The predicted molar refractivity (Wildman–Crippen MR) is 133 cm³/mol. The number of benzene rings is 3. The highest BCUT2D eigenvalue weighted by Crippen LogP contribution is 2.44. The Labute approximate surface area is 204 Å². The molecule has 0 fully saturated rings. The van der Waals surface area contributed by atoms with Gasteiger partial charge < -0.3 is 15.2 Å². The van der Waals surface area contributed by atoms with Gasteiger partial charge in [0.05, 0.1) is 6.42 Å². The summed E-state index contributed by atoms with van der Waals surface area (Å²) in [6.07, 6.45) is -0.335. The number of carboxylic acid groups (broad SMARTS) is 1. The number of aliphatic carboxylic acids is 1. The molecular formula is C28H28N2O5. The summed E-state index contributed by atoms with van der Waals surface area (Å²) < 4.78 is 5.58. The zero-order valence-electron chi connectivity index (χ0n) is 19.7. The summed E-state index contributed by atoms with van der Waals surface area (Å²) in [6.45, 7) is 3.38. The molecule has 0 saturated carbocycles. The molecule has 1 unspecified atom stereocenters. The average Bonchev–Trinajstić information content (AvgIpc) is 3.16. The van der Waals surface area contributed by atoms with Crippen LogP contribution in [0.1, 0.15) is 42.9 Å². The van der Waals surface area contributed by atoms with E-state index in [0.717, 1.165) is 22.3 Å². The van der Waals surface area contributed by atoms with Gasteiger partial charge in [-0.05, 0) is 53.3 Å². The maximum Gasteiger partial charge on any atom is 0.411 e. The molecule has 1 aliphatic rings. The normalized spacial score (nSPS) is 13.8. The molecule has 180 valence electrons. The number of anilines is 1. The summed E-state index contributed by atoms with van der Waals surface area (Å²) in [7, 11) is 0. The van der Waals surface area contributed by atoms with Crippen molar-refractivity contribution in [1.82, 2.24) is 5.32 Å². The van der Waals surface area contributed by atoms with E-state index in [9.17, 15) is 19.5 Å². The van der Waals surface area contributed by atoms with Crippen LogP contribution in [0.2, 0.25) is 0 Å². The second kappa shape index (κ2) is 10.0. The van der Waals surface area contributed by atoms with Crippen LogP contribution in [0, 0.1) is 0 Å². The van der Waals surface area contributed by atoms with Crippen molar-refractivity contribution in [3.8, 4) is 11.1 Å². The number of carboxylic acids is 1. The molecule has 0 heterocycles. The van der Waals surface area contributed by atoms with Crippen LogP contribution in [0.15, 0.2) is 72.8 Å². The largest absolute Gasteiger partial charge is 0.480 e. The molecule has 0 aromatic heterocycles. The Morgan fingerprint density at radius 1 is 0.943 bits per heavy atom. The Kier molecular flexibility index (Phi) is 6.87. The summed E-state index contributed by atoms with van der Waals surface area (Å²) in [5.74, 6) is -1.53. The van der Waals surface area contributed by atoms with Gasteiger partial charge in [0.25, 0.3) is 0 Å². The first-order valence-electron chi connectivity index (χ1n) is 11.6. The molecule has 3 aromatic rings. The first kappa shape index (κ1) is 24.0. The summed E-state index contributed by atoms with van der Waals surface area (Å²) in [4.78, 5) is 36.4. The standard InChI is InChI=1S/C28H28N2O5/c1-3-28(2,26(32)33)30-25(31)16-18-9-8-10-19(15-18)29-27(34)35-17-24-22-13-6-4-11-20(22)21-12-5-7-14-23(21)24/h4-15,24H,3,16-17H2,1-2H3,(H,29,34)(H,30,31)(H,32,33). The quantitative estimate of drug-likeness (QED) is 0.430. The van der Waals surface area contributed by atoms with Gasteiger partial charge in [-0.15, -0.1) is 0 Å². The van der Waals surface area contributed by atoms with E-state index < -0.39 is 23.5 Å². The number of fused-ring (bicyclic) bond motifs is 3. The van der Waals surface area contributed by atoms with Crippen molar-refractivity contribution in [2.45, 2.75) is 38.1 Å². The molecule has 0 radical (unpaired) electrons. The predicted octanol–water partition coefficient (Wildman–Crippen LogP) is 4.96. The molecule has 0 aliphatic heterocycles. The summed E-state index contributed by atoms with van der Waals surface area (Å²) >= 11 is 0. The van der Waals surface area contributed by atoms with Gasteiger partial charge in [-0.25, -0.2) is 9.59 Å². The van der Waals surface area contributed by atoms with Crippen molar-refractivity contribution < 1.29 is 24.2 Å². The van der Waals surface area contributed by atoms with E-state index >= 15 is 0 Å². The minimum atomic E-state index is -1.33. The molecule has 0 spiro atoms. The molecule has 2 amide bonds. The number of hydrogen-bond donors (Lipinski definition) is 3. The van der Waals surface area contributed by atoms with Crippen molar-refractivity contribution in [1.29, 1.82) is 0 Å². The van der Waals surface area contributed by atoms with Gasteiger partial charge in [-0.3, -0.25) is 10.1 Å². The van der Waals surface area contributed by atoms with E-state index in [1.807, 2.05) is 24.3 Å². The fraction of sp³-hybridized carbons (Fsp3) is 0.250. The van der Waals surface area contributed by atoms with Crippen molar-refractivity contribution in [2.24, 2.45) is 0 Å². The minimum absolute atomic E-state index is 0.0108. The van der Waals surface area contributed by atoms with E-state index in [1.165, 1.54) is 6.92 Å². The second-order valence-corrected chi connectivity index (χ2v) is 8.87. The Bertz CT molecular complexity index is 1230. The van der Waals surface area contributed by atoms with Crippen LogP contribution in [-0.4, -0.2) is 35.2 Å². The number of carbonyl (C=O) groups excluding carboxylic acids is 2. The molecule has 3 aromatic carbocycles. The second-order valence-electron chi connectivity index (χ2n) is 8.87. The van der Waals surface area contributed by atoms with Crippen LogP contribution < -0.4 is 10.6 Å². The van der Waals surface area contributed by atoms with E-state index in [0.29, 0.717) is 11.3 Å². The lowest BCUT2D eigenvalue weighted by Crippen LogP contribution is -2.52. The number of rotatable bonds is 8. The van der Waals surface area contributed by atoms with E-state index in [-0.39, 0.29) is 25.4 Å². The van der Waals surface area contributed by atoms with Gasteiger partial charge in [0.2, 0.25) is 5.91 Å². The molecule has 0 bridgehead atoms. The van der Waals surface area contributed by atoms with Crippen LogP contribution in [0.25, 0.3) is 11.1 Å². The molecule has 4 rings (SSSR count). The number of hydrogen-bond acceptors (Lipinski definition) is 4. The third-order valence-electron chi connectivity index (χ3n) is 6.48. The Balaban J connectivity index is 1.37. The number of carbonyl (C=O) groups is 3. The molecule has 35 heavy (non-hydrogen) atoms. The average molecular weight is 473 g/mol. The van der Waals surface area contributed by atoms with Gasteiger partial charge in [-0.2, -0.15) is 0 Å². The zero-order valence-corrected chi connectivity index (χ0v) is 19.7. The van der Waals surface area contributed by atoms with Gasteiger partial charge >= 0.3 is 12.1 Å². The molecule has 7 heteroatoms. The number of ether oxygens (including phenoxy) is 1. The molecule has 1 aliphatic carbocycles. The number of nitrogens with one attached hydrogen (secondary N) is 2. The minimum Gasteiger partial charge on any atom is -0.480 e. The van der Waals surface area contributed by atoms with Gasteiger partial charge in [0.1, 0.15) is 12.1 Å². The Morgan fingerprint density at radius 2 is 1.57 bits per heavy atom. The highest BCUT2D eigenvalue weighted by molar-refractivity contribution is 5.88. The lowest BCUT2D eigenvalue weighted by atomic mass is 9.98. The third-order valence-corrected chi connectivity index (χ3v) is 6.48. The summed E-state index contributed by atoms with van der Waals surface area (Å²) in [5.41, 5.74) is 4.39. The van der Waals surface area contributed by atoms with Crippen LogP contribution in [-0.2, 0) is 20.7 Å². The third kappa shape index (κ3) is 5.19. The van der Waals surface area contributed by atoms with Gasteiger partial charge in [0.15, 0.2) is 0 Å². The van der Waals surface area contributed by atoms with Crippen LogP contribution >= 0.6 is 0 Å². The van der Waals surface area contributed by atoms with Crippen LogP contribution in [0.5, 0.6) is 0 Å². The van der Waals surface area contributed by atoms with Crippen molar-refractivity contribution >= 4 is 23.7 Å². The number of amides is 2. The van der Waals surface area contributed by atoms with Gasteiger partial charge in [-0.1, -0.05) is 67.6 Å². The van der Waals surface area contributed by atoms with Crippen LogP contribution in [0.3, 0.4) is 0 Å². The van der Waals surface area contributed by atoms with Crippen molar-refractivity contribution in [3.05, 3.63) is 89.5 Å². The van der Waals surface area contributed by atoms with E-state index in [2.05, 4.69) is 34.9 Å². The highest BCUT2D eigenvalue weighted by Gasteiger charge is 2.32. The topological polar surface area (TPSA) is 105 Å². The Hall–Kier alpha value is -4.13. The molecule has 0 saturated heterocycles. The SMILES string of the molecule is CCC(C)(NC(=O)Cc1cccc(NC(=O)OCC2c3ccccc3-c3ccccc32)c1)C(=O)O. The van der Waals surface area contributed by atoms with Crippen molar-refractivity contribution in [2.75, 3.05) is 11.9 Å². The monoisotopic (exact) mass is 472 g/mol. The maximum atomic E-state index is 12.6. The molecule has 3 N–H and O–H groups in total. The molecular weight excluding hydrogens is 444 g/mol. The highest BCUT2D eigenvalue weighted by atomic mass is 16.5. The van der Waals surface area contributed by atoms with Gasteiger partial charge in [0, 0.05) is 11.6 Å². The zero-order chi connectivity index (χ0) is 25.0. The first-order valence-corrected chi connectivity index (χ1v) is 11.6.